The number of aromatic nitrogens is 1. The Bertz CT molecular complexity index is 846. The molecular formula is C19H22F2N2O3. The molecule has 2 rings (SSSR count). The summed E-state index contributed by atoms with van der Waals surface area (Å²) in [7, 11) is 1.28. The highest BCUT2D eigenvalue weighted by Gasteiger charge is 2.26. The molecule has 1 aromatic heterocycles. The summed E-state index contributed by atoms with van der Waals surface area (Å²) in [5, 5.41) is 3.01. The molecule has 140 valence electrons. The molecule has 0 amide bonds. The van der Waals surface area contributed by atoms with Crippen LogP contribution in [0.25, 0.3) is 0 Å². The summed E-state index contributed by atoms with van der Waals surface area (Å²) < 4.78 is 31.7. The van der Waals surface area contributed by atoms with Gasteiger partial charge in [-0.1, -0.05) is 6.07 Å². The fourth-order valence-corrected chi connectivity index (χ4v) is 3.01. The van der Waals surface area contributed by atoms with Crippen molar-refractivity contribution in [3.8, 4) is 0 Å². The molecule has 0 saturated carbocycles. The van der Waals surface area contributed by atoms with E-state index in [1.54, 1.807) is 27.7 Å². The van der Waals surface area contributed by atoms with Crippen molar-refractivity contribution in [2.75, 3.05) is 7.11 Å². The van der Waals surface area contributed by atoms with Crippen LogP contribution in [-0.2, 0) is 4.74 Å². The fraction of sp³-hybridized carbons (Fsp3) is 0.368. The minimum Gasteiger partial charge on any atom is -0.465 e. The van der Waals surface area contributed by atoms with Crippen LogP contribution in [0.2, 0.25) is 0 Å². The molecular weight excluding hydrogens is 342 g/mol. The molecule has 0 saturated heterocycles. The number of carbonyl (C=O) groups is 2. The lowest BCUT2D eigenvalue weighted by atomic mass is 10.0. The van der Waals surface area contributed by atoms with E-state index < -0.39 is 29.7 Å². The molecule has 1 aromatic carbocycles. The number of esters is 1. The van der Waals surface area contributed by atoms with Gasteiger partial charge in [0.1, 0.15) is 11.6 Å². The molecule has 0 spiro atoms. The van der Waals surface area contributed by atoms with Crippen molar-refractivity contribution in [1.29, 1.82) is 0 Å². The monoisotopic (exact) mass is 364 g/mol. The van der Waals surface area contributed by atoms with Crippen LogP contribution in [0.1, 0.15) is 57.6 Å². The number of nitrogens with one attached hydrogen (secondary N) is 2. The van der Waals surface area contributed by atoms with Crippen LogP contribution in [0.3, 0.4) is 0 Å². The first kappa shape index (κ1) is 19.8. The standard InChI is InChI=1S/C19H22F2N2O3/c1-9-16(19(25)26-5)11(3)23-17(9)18(24)12(4)22-10(2)14-7-6-13(20)8-15(14)21/h6-8,10,12,22-23H,1-5H3/t10-,12-/m0/s1. The van der Waals surface area contributed by atoms with Crippen LogP contribution in [-0.4, -0.2) is 29.9 Å². The van der Waals surface area contributed by atoms with Crippen molar-refractivity contribution in [2.45, 2.75) is 39.8 Å². The third kappa shape index (κ3) is 3.83. The maximum absolute atomic E-state index is 13.9. The molecule has 0 radical (unpaired) electrons. The number of ether oxygens (including phenoxy) is 1. The van der Waals surface area contributed by atoms with Crippen molar-refractivity contribution in [2.24, 2.45) is 0 Å². The summed E-state index contributed by atoms with van der Waals surface area (Å²) in [5.74, 6) is -2.12. The number of methoxy groups -OCH3 is 1. The average molecular weight is 364 g/mol. The summed E-state index contributed by atoms with van der Waals surface area (Å²) in [6.45, 7) is 6.68. The van der Waals surface area contributed by atoms with Crippen LogP contribution in [0.4, 0.5) is 8.78 Å². The minimum absolute atomic E-state index is 0.265. The van der Waals surface area contributed by atoms with Crippen molar-refractivity contribution in [3.63, 3.8) is 0 Å². The van der Waals surface area contributed by atoms with Gasteiger partial charge in [-0.15, -0.1) is 0 Å². The number of benzene rings is 1. The lowest BCUT2D eigenvalue weighted by Gasteiger charge is -2.20. The zero-order chi connectivity index (χ0) is 19.6. The summed E-state index contributed by atoms with van der Waals surface area (Å²) >= 11 is 0. The lowest BCUT2D eigenvalue weighted by Crippen LogP contribution is -2.36. The molecule has 0 aliphatic rings. The van der Waals surface area contributed by atoms with Crippen molar-refractivity contribution < 1.29 is 23.1 Å². The molecule has 0 aliphatic heterocycles. The summed E-state index contributed by atoms with van der Waals surface area (Å²) in [6, 6.07) is 2.16. The van der Waals surface area contributed by atoms with E-state index in [1.807, 2.05) is 0 Å². The van der Waals surface area contributed by atoms with Gasteiger partial charge in [-0.2, -0.15) is 0 Å². The molecule has 0 unspecified atom stereocenters. The first-order valence-electron chi connectivity index (χ1n) is 8.20. The molecule has 7 heteroatoms. The Morgan fingerprint density at radius 3 is 2.42 bits per heavy atom. The molecule has 0 bridgehead atoms. The highest BCUT2D eigenvalue weighted by Crippen LogP contribution is 2.22. The SMILES string of the molecule is COC(=O)c1c(C)[nH]c(C(=O)[C@H](C)N[C@@H](C)c2ccc(F)cc2F)c1C. The summed E-state index contributed by atoms with van der Waals surface area (Å²) in [4.78, 5) is 27.5. The first-order chi connectivity index (χ1) is 12.2. The molecule has 2 aromatic rings. The highest BCUT2D eigenvalue weighted by atomic mass is 19.1. The molecule has 0 aliphatic carbocycles. The number of aromatic amines is 1. The van der Waals surface area contributed by atoms with Crippen molar-refractivity contribution >= 4 is 11.8 Å². The second-order valence-corrected chi connectivity index (χ2v) is 6.26. The van der Waals surface area contributed by atoms with Crippen molar-refractivity contribution in [3.05, 3.63) is 57.9 Å². The van der Waals surface area contributed by atoms with Gasteiger partial charge in [0.05, 0.1) is 24.4 Å². The van der Waals surface area contributed by atoms with Crippen molar-refractivity contribution in [1.82, 2.24) is 10.3 Å². The largest absolute Gasteiger partial charge is 0.465 e. The van der Waals surface area contributed by atoms with Gasteiger partial charge >= 0.3 is 5.97 Å². The third-order valence-electron chi connectivity index (χ3n) is 4.40. The van der Waals surface area contributed by atoms with Gasteiger partial charge in [-0.05, 0) is 39.3 Å². The molecule has 1 heterocycles. The normalized spacial score (nSPS) is 13.3. The predicted molar refractivity (Wildman–Crippen MR) is 93.3 cm³/mol. The minimum atomic E-state index is -0.676. The maximum Gasteiger partial charge on any atom is 0.339 e. The van der Waals surface area contributed by atoms with E-state index >= 15 is 0 Å². The number of aryl methyl sites for hydroxylation is 1. The van der Waals surface area contributed by atoms with Gasteiger partial charge < -0.3 is 15.0 Å². The van der Waals surface area contributed by atoms with Crippen LogP contribution >= 0.6 is 0 Å². The van der Waals surface area contributed by atoms with E-state index in [2.05, 4.69) is 10.3 Å². The van der Waals surface area contributed by atoms with E-state index in [0.717, 1.165) is 6.07 Å². The molecule has 0 fully saturated rings. The number of H-pyrrole nitrogens is 1. The first-order valence-corrected chi connectivity index (χ1v) is 8.20. The van der Waals surface area contributed by atoms with E-state index in [9.17, 15) is 18.4 Å². The Labute approximate surface area is 150 Å². The number of rotatable bonds is 6. The molecule has 5 nitrogen and oxygen atoms in total. The lowest BCUT2D eigenvalue weighted by molar-refractivity contribution is 0.0599. The van der Waals surface area contributed by atoms with Crippen LogP contribution in [0.5, 0.6) is 0 Å². The predicted octanol–water partition coefficient (Wildman–Crippen LogP) is 3.62. The van der Waals surface area contributed by atoms with Gasteiger partial charge in [0, 0.05) is 23.4 Å². The summed E-state index contributed by atoms with van der Waals surface area (Å²) in [6.07, 6.45) is 0. The highest BCUT2D eigenvalue weighted by molar-refractivity contribution is 6.03. The Kier molecular flexibility index (Phi) is 5.92. The van der Waals surface area contributed by atoms with E-state index in [1.165, 1.54) is 19.2 Å². The van der Waals surface area contributed by atoms with Gasteiger partial charge in [0.15, 0.2) is 5.78 Å². The Morgan fingerprint density at radius 1 is 1.19 bits per heavy atom. The van der Waals surface area contributed by atoms with Crippen LogP contribution < -0.4 is 5.32 Å². The van der Waals surface area contributed by atoms with E-state index in [-0.39, 0.29) is 11.3 Å². The van der Waals surface area contributed by atoms with Crippen LogP contribution in [0, 0.1) is 25.5 Å². The second kappa shape index (κ2) is 7.78. The second-order valence-electron chi connectivity index (χ2n) is 6.26. The maximum atomic E-state index is 13.9. The van der Waals surface area contributed by atoms with E-state index in [4.69, 9.17) is 4.74 Å². The Balaban J connectivity index is 2.21. The number of hydrogen-bond acceptors (Lipinski definition) is 4. The number of ketones is 1. The smallest absolute Gasteiger partial charge is 0.339 e. The van der Waals surface area contributed by atoms with Gasteiger partial charge in [-0.3, -0.25) is 4.79 Å². The number of carbonyl (C=O) groups excluding carboxylic acids is 2. The van der Waals surface area contributed by atoms with Gasteiger partial charge in [0.25, 0.3) is 0 Å². The van der Waals surface area contributed by atoms with Gasteiger partial charge in [0.2, 0.25) is 0 Å². The topological polar surface area (TPSA) is 71.2 Å². The number of hydrogen-bond donors (Lipinski definition) is 2. The summed E-state index contributed by atoms with van der Waals surface area (Å²) in [5.41, 5.74) is 1.95. The number of halogens is 2. The molecule has 2 atom stereocenters. The number of Topliss-reactive ketones (excluding diaryl/α,β-unsaturated/α-hetero) is 1. The quantitative estimate of drug-likeness (QED) is 0.607. The van der Waals surface area contributed by atoms with Gasteiger partial charge in [-0.25, -0.2) is 13.6 Å². The Morgan fingerprint density at radius 2 is 1.85 bits per heavy atom. The Hall–Kier alpha value is -2.54. The zero-order valence-electron chi connectivity index (χ0n) is 15.4. The third-order valence-corrected chi connectivity index (χ3v) is 4.40. The van der Waals surface area contributed by atoms with Crippen LogP contribution in [0.15, 0.2) is 18.2 Å². The molecule has 26 heavy (non-hydrogen) atoms. The fourth-order valence-electron chi connectivity index (χ4n) is 3.01. The zero-order valence-corrected chi connectivity index (χ0v) is 15.4. The van der Waals surface area contributed by atoms with E-state index in [0.29, 0.717) is 22.5 Å². The average Bonchev–Trinajstić information content (AvgIpc) is 2.87. The molecule has 2 N–H and O–H groups in total.